The number of aromatic nitrogens is 4. The molecule has 0 aliphatic carbocycles. The van der Waals surface area contributed by atoms with Gasteiger partial charge in [-0.2, -0.15) is 20.3 Å². The molecule has 1 fully saturated rings. The van der Waals surface area contributed by atoms with Gasteiger partial charge < -0.3 is 14.4 Å². The number of hydrogen-bond acceptors (Lipinski definition) is 8. The number of likely N-dealkylation sites (tertiary alicyclic amines) is 1. The van der Waals surface area contributed by atoms with Crippen molar-refractivity contribution in [3.8, 4) is 17.6 Å². The van der Waals surface area contributed by atoms with Crippen LogP contribution in [0.4, 0.5) is 0 Å². The molecule has 1 amide bonds. The molecule has 33 heavy (non-hydrogen) atoms. The van der Waals surface area contributed by atoms with Crippen LogP contribution in [-0.2, 0) is 4.74 Å². The summed E-state index contributed by atoms with van der Waals surface area (Å²) in [5, 5.41) is 17.7. The van der Waals surface area contributed by atoms with Gasteiger partial charge in [-0.05, 0) is 38.0 Å². The first-order chi connectivity index (χ1) is 16.0. The molecule has 2 aromatic heterocycles. The van der Waals surface area contributed by atoms with Crippen LogP contribution in [0.15, 0.2) is 48.9 Å². The van der Waals surface area contributed by atoms with Crippen LogP contribution < -0.4 is 4.74 Å². The number of carbonyl (C=O) groups excluding carboxylic acids is 2. The van der Waals surface area contributed by atoms with Crippen LogP contribution in [0, 0.1) is 11.3 Å². The lowest BCUT2D eigenvalue weighted by Crippen LogP contribution is -2.49. The normalized spacial score (nSPS) is 17.8. The first kappa shape index (κ1) is 22.0. The van der Waals surface area contributed by atoms with Crippen LogP contribution >= 0.6 is 0 Å². The second-order valence-corrected chi connectivity index (χ2v) is 7.60. The summed E-state index contributed by atoms with van der Waals surface area (Å²) in [5.41, 5.74) is 1.15. The number of para-hydroxylation sites is 1. The lowest BCUT2D eigenvalue weighted by molar-refractivity contribution is 0.0358. The lowest BCUT2D eigenvalue weighted by atomic mass is 9.99. The minimum Gasteiger partial charge on any atom is -0.472 e. The van der Waals surface area contributed by atoms with Crippen LogP contribution in [0.3, 0.4) is 0 Å². The second kappa shape index (κ2) is 9.48. The highest BCUT2D eigenvalue weighted by Gasteiger charge is 2.33. The number of methoxy groups -OCH3 is 1. The Morgan fingerprint density at radius 3 is 2.61 bits per heavy atom. The van der Waals surface area contributed by atoms with E-state index in [2.05, 4.69) is 15.2 Å². The molecule has 2 atom stereocenters. The standard InChI is InChI=1S/C23H22N6O4/c1-15-7-8-17(33-21-20(23(31)32-2)16(13-24)9-10-25-21)14-28(15)22(30)18-5-3-4-6-19(18)29-26-11-12-27-29/h3-6,9-12,15,17H,7-8,14H2,1-2H3. The van der Waals surface area contributed by atoms with Crippen LogP contribution in [0.1, 0.15) is 46.0 Å². The number of nitriles is 1. The fraction of sp³-hybridized carbons (Fsp3) is 0.304. The van der Waals surface area contributed by atoms with Gasteiger partial charge >= 0.3 is 5.97 Å². The van der Waals surface area contributed by atoms with E-state index in [0.29, 0.717) is 30.6 Å². The molecule has 168 valence electrons. The van der Waals surface area contributed by atoms with E-state index in [1.54, 1.807) is 35.5 Å². The van der Waals surface area contributed by atoms with Gasteiger partial charge in [-0.3, -0.25) is 4.79 Å². The molecule has 0 spiro atoms. The minimum absolute atomic E-state index is 0.0190. The maximum absolute atomic E-state index is 13.5. The summed E-state index contributed by atoms with van der Waals surface area (Å²) in [6.45, 7) is 2.28. The van der Waals surface area contributed by atoms with Crippen molar-refractivity contribution in [3.05, 3.63) is 65.6 Å². The van der Waals surface area contributed by atoms with Gasteiger partial charge in [0.25, 0.3) is 5.91 Å². The van der Waals surface area contributed by atoms with E-state index in [1.807, 2.05) is 19.1 Å². The molecule has 3 heterocycles. The number of carbonyl (C=O) groups is 2. The monoisotopic (exact) mass is 446 g/mol. The van der Waals surface area contributed by atoms with Gasteiger partial charge in [0, 0.05) is 12.2 Å². The molecule has 1 aliphatic rings. The van der Waals surface area contributed by atoms with Crippen molar-refractivity contribution in [1.82, 2.24) is 24.9 Å². The Labute approximate surface area is 190 Å². The molecule has 0 bridgehead atoms. The summed E-state index contributed by atoms with van der Waals surface area (Å²) in [6, 6.07) is 10.5. The second-order valence-electron chi connectivity index (χ2n) is 7.60. The molecule has 0 N–H and O–H groups in total. The van der Waals surface area contributed by atoms with Crippen molar-refractivity contribution in [1.29, 1.82) is 5.26 Å². The fourth-order valence-electron chi connectivity index (χ4n) is 3.86. The summed E-state index contributed by atoms with van der Waals surface area (Å²) in [4.78, 5) is 33.1. The Morgan fingerprint density at radius 2 is 1.88 bits per heavy atom. The number of ether oxygens (including phenoxy) is 2. The number of benzene rings is 1. The summed E-state index contributed by atoms with van der Waals surface area (Å²) >= 11 is 0. The highest BCUT2D eigenvalue weighted by Crippen LogP contribution is 2.27. The minimum atomic E-state index is -0.701. The van der Waals surface area contributed by atoms with Gasteiger partial charge in [0.1, 0.15) is 17.7 Å². The topological polar surface area (TPSA) is 123 Å². The Bertz CT molecular complexity index is 1200. The quantitative estimate of drug-likeness (QED) is 0.548. The first-order valence-corrected chi connectivity index (χ1v) is 10.4. The lowest BCUT2D eigenvalue weighted by Gasteiger charge is -2.38. The third-order valence-electron chi connectivity index (χ3n) is 5.57. The van der Waals surface area contributed by atoms with Crippen molar-refractivity contribution < 1.29 is 19.1 Å². The molecular weight excluding hydrogens is 424 g/mol. The Balaban J connectivity index is 1.59. The number of amides is 1. The highest BCUT2D eigenvalue weighted by molar-refractivity contribution is 5.98. The third kappa shape index (κ3) is 4.39. The van der Waals surface area contributed by atoms with Crippen LogP contribution in [0.25, 0.3) is 5.69 Å². The smallest absolute Gasteiger partial charge is 0.344 e. The number of nitrogens with zero attached hydrogens (tertiary/aromatic N) is 6. The van der Waals surface area contributed by atoms with Gasteiger partial charge in [-0.25, -0.2) is 9.78 Å². The van der Waals surface area contributed by atoms with Crippen LogP contribution in [-0.4, -0.2) is 62.6 Å². The van der Waals surface area contributed by atoms with E-state index in [0.717, 1.165) is 0 Å². The molecule has 3 aromatic rings. The molecule has 10 nitrogen and oxygen atoms in total. The highest BCUT2D eigenvalue weighted by atomic mass is 16.5. The molecule has 0 saturated carbocycles. The van der Waals surface area contributed by atoms with Gasteiger partial charge in [-0.1, -0.05) is 12.1 Å². The van der Waals surface area contributed by atoms with E-state index in [4.69, 9.17) is 9.47 Å². The molecular formula is C23H22N6O4. The van der Waals surface area contributed by atoms with Crippen molar-refractivity contribution in [2.45, 2.75) is 31.9 Å². The van der Waals surface area contributed by atoms with Crippen molar-refractivity contribution >= 4 is 11.9 Å². The zero-order valence-electron chi connectivity index (χ0n) is 18.2. The Morgan fingerprint density at radius 1 is 1.12 bits per heavy atom. The van der Waals surface area contributed by atoms with Crippen molar-refractivity contribution in [2.75, 3.05) is 13.7 Å². The summed E-state index contributed by atoms with van der Waals surface area (Å²) in [6.07, 6.45) is 5.45. The molecule has 0 radical (unpaired) electrons. The van der Waals surface area contributed by atoms with Gasteiger partial charge in [-0.15, -0.1) is 0 Å². The predicted octanol–water partition coefficient (Wildman–Crippen LogP) is 2.39. The van der Waals surface area contributed by atoms with E-state index in [-0.39, 0.29) is 29.0 Å². The first-order valence-electron chi connectivity index (χ1n) is 10.4. The number of hydrogen-bond donors (Lipinski definition) is 0. The summed E-state index contributed by atoms with van der Waals surface area (Å²) in [5.74, 6) is -0.850. The van der Waals surface area contributed by atoms with E-state index in [9.17, 15) is 14.9 Å². The number of piperidine rings is 1. The zero-order valence-corrected chi connectivity index (χ0v) is 18.2. The maximum atomic E-state index is 13.5. The predicted molar refractivity (Wildman–Crippen MR) is 116 cm³/mol. The number of rotatable bonds is 5. The van der Waals surface area contributed by atoms with E-state index >= 15 is 0 Å². The van der Waals surface area contributed by atoms with Gasteiger partial charge in [0.2, 0.25) is 5.88 Å². The molecule has 1 saturated heterocycles. The molecule has 1 aromatic carbocycles. The van der Waals surface area contributed by atoms with Crippen LogP contribution in [0.5, 0.6) is 5.88 Å². The molecule has 1 aliphatic heterocycles. The summed E-state index contributed by atoms with van der Waals surface area (Å²) < 4.78 is 10.8. The van der Waals surface area contributed by atoms with Crippen molar-refractivity contribution in [2.24, 2.45) is 0 Å². The number of esters is 1. The van der Waals surface area contributed by atoms with E-state index < -0.39 is 12.1 Å². The fourth-order valence-corrected chi connectivity index (χ4v) is 3.86. The molecule has 2 unspecified atom stereocenters. The number of pyridine rings is 1. The largest absolute Gasteiger partial charge is 0.472 e. The zero-order chi connectivity index (χ0) is 23.4. The molecule has 4 rings (SSSR count). The van der Waals surface area contributed by atoms with E-state index in [1.165, 1.54) is 24.2 Å². The Kier molecular flexibility index (Phi) is 6.31. The average Bonchev–Trinajstić information content (AvgIpc) is 3.39. The van der Waals surface area contributed by atoms with Crippen LogP contribution in [0.2, 0.25) is 0 Å². The van der Waals surface area contributed by atoms with Gasteiger partial charge in [0.05, 0.1) is 42.9 Å². The van der Waals surface area contributed by atoms with Crippen molar-refractivity contribution in [3.63, 3.8) is 0 Å². The Hall–Kier alpha value is -4.26. The van der Waals surface area contributed by atoms with Gasteiger partial charge in [0.15, 0.2) is 0 Å². The third-order valence-corrected chi connectivity index (χ3v) is 5.57. The maximum Gasteiger partial charge on any atom is 0.344 e. The average molecular weight is 446 g/mol. The SMILES string of the molecule is COC(=O)c1c(C#N)ccnc1OC1CCC(C)N(C(=O)c2ccccc2-n2nccn2)C1. The summed E-state index contributed by atoms with van der Waals surface area (Å²) in [7, 11) is 1.23. The molecule has 10 heteroatoms.